The van der Waals surface area contributed by atoms with E-state index in [2.05, 4.69) is 76.0 Å². The summed E-state index contributed by atoms with van der Waals surface area (Å²) in [6.45, 7) is 5.83. The van der Waals surface area contributed by atoms with Crippen molar-refractivity contribution in [1.82, 2.24) is 14.5 Å². The van der Waals surface area contributed by atoms with Crippen molar-refractivity contribution >= 4 is 17.0 Å². The van der Waals surface area contributed by atoms with Gasteiger partial charge in [0.2, 0.25) is 5.95 Å². The van der Waals surface area contributed by atoms with E-state index in [-0.39, 0.29) is 0 Å². The standard InChI is InChI=1S/C24H30N4/c1-26-22-11-6-5-10-21(22)25-23(26)28-16-13-24(14-17-28)12-7-15-27(19-24)18-20-8-3-2-4-9-20/h2-6,8-11H,7,12-19H2,1H3. The van der Waals surface area contributed by atoms with Gasteiger partial charge in [0.05, 0.1) is 11.0 Å². The van der Waals surface area contributed by atoms with Crippen LogP contribution in [0.3, 0.4) is 0 Å². The van der Waals surface area contributed by atoms with Gasteiger partial charge in [-0.3, -0.25) is 4.90 Å². The van der Waals surface area contributed by atoms with E-state index < -0.39 is 0 Å². The lowest BCUT2D eigenvalue weighted by molar-refractivity contribution is 0.0602. The summed E-state index contributed by atoms with van der Waals surface area (Å²) in [5.41, 5.74) is 4.27. The molecule has 2 saturated heterocycles. The second kappa shape index (κ2) is 7.25. The average Bonchev–Trinajstić information content (AvgIpc) is 3.06. The first-order valence-corrected chi connectivity index (χ1v) is 10.7. The number of anilines is 1. The van der Waals surface area contributed by atoms with Crippen molar-refractivity contribution in [3.63, 3.8) is 0 Å². The molecule has 2 aliphatic rings. The maximum Gasteiger partial charge on any atom is 0.206 e. The number of rotatable bonds is 3. The fourth-order valence-corrected chi connectivity index (χ4v) is 5.29. The van der Waals surface area contributed by atoms with Gasteiger partial charge in [-0.1, -0.05) is 42.5 Å². The van der Waals surface area contributed by atoms with Crippen LogP contribution in [-0.4, -0.2) is 40.6 Å². The molecule has 0 radical (unpaired) electrons. The van der Waals surface area contributed by atoms with Gasteiger partial charge in [-0.15, -0.1) is 0 Å². The van der Waals surface area contributed by atoms with Gasteiger partial charge in [0.15, 0.2) is 0 Å². The molecule has 0 atom stereocenters. The molecule has 4 nitrogen and oxygen atoms in total. The molecule has 0 aliphatic carbocycles. The van der Waals surface area contributed by atoms with E-state index in [4.69, 9.17) is 4.98 Å². The summed E-state index contributed by atoms with van der Waals surface area (Å²) in [5, 5.41) is 0. The van der Waals surface area contributed by atoms with Crippen molar-refractivity contribution in [3.8, 4) is 0 Å². The monoisotopic (exact) mass is 374 g/mol. The van der Waals surface area contributed by atoms with Gasteiger partial charge in [-0.25, -0.2) is 4.98 Å². The molecule has 3 aromatic rings. The normalized spacial score (nSPS) is 20.1. The summed E-state index contributed by atoms with van der Waals surface area (Å²) < 4.78 is 2.26. The van der Waals surface area contributed by atoms with Crippen LogP contribution in [0.2, 0.25) is 0 Å². The number of likely N-dealkylation sites (tertiary alicyclic amines) is 1. The van der Waals surface area contributed by atoms with E-state index in [0.717, 1.165) is 31.1 Å². The number of para-hydroxylation sites is 2. The Bertz CT molecular complexity index is 938. The van der Waals surface area contributed by atoms with Crippen molar-refractivity contribution in [2.45, 2.75) is 32.2 Å². The number of aromatic nitrogens is 2. The van der Waals surface area contributed by atoms with Crippen LogP contribution in [-0.2, 0) is 13.6 Å². The summed E-state index contributed by atoms with van der Waals surface area (Å²) in [4.78, 5) is 10.1. The number of nitrogens with zero attached hydrogens (tertiary/aromatic N) is 4. The average molecular weight is 375 g/mol. The number of hydrogen-bond donors (Lipinski definition) is 0. The maximum absolute atomic E-state index is 4.92. The summed E-state index contributed by atoms with van der Waals surface area (Å²) in [6.07, 6.45) is 5.27. The zero-order valence-electron chi connectivity index (χ0n) is 16.8. The third-order valence-corrected chi connectivity index (χ3v) is 6.86. The molecule has 2 fully saturated rings. The van der Waals surface area contributed by atoms with E-state index in [1.165, 1.54) is 49.9 Å². The number of imidazole rings is 1. The first-order chi connectivity index (χ1) is 13.7. The molecule has 1 spiro atoms. The van der Waals surface area contributed by atoms with E-state index in [1.54, 1.807) is 0 Å². The van der Waals surface area contributed by atoms with Gasteiger partial charge in [-0.05, 0) is 55.3 Å². The Labute approximate surface area is 167 Å². The lowest BCUT2D eigenvalue weighted by Crippen LogP contribution is -2.49. The molecule has 0 saturated carbocycles. The Morgan fingerprint density at radius 2 is 1.64 bits per heavy atom. The van der Waals surface area contributed by atoms with Crippen molar-refractivity contribution < 1.29 is 0 Å². The number of aryl methyl sites for hydroxylation is 1. The summed E-state index contributed by atoms with van der Waals surface area (Å²) in [6, 6.07) is 19.4. The number of hydrogen-bond acceptors (Lipinski definition) is 3. The van der Waals surface area contributed by atoms with Crippen LogP contribution in [0.1, 0.15) is 31.2 Å². The van der Waals surface area contributed by atoms with E-state index in [0.29, 0.717) is 5.41 Å². The molecule has 146 valence electrons. The Morgan fingerprint density at radius 3 is 2.43 bits per heavy atom. The van der Waals surface area contributed by atoms with Gasteiger partial charge in [0.25, 0.3) is 0 Å². The SMILES string of the molecule is Cn1c(N2CCC3(CCCN(Cc4ccccc4)C3)CC2)nc2ccccc21. The van der Waals surface area contributed by atoms with Crippen LogP contribution < -0.4 is 4.90 Å². The highest BCUT2D eigenvalue weighted by Gasteiger charge is 2.39. The van der Waals surface area contributed by atoms with Crippen LogP contribution in [0.15, 0.2) is 54.6 Å². The van der Waals surface area contributed by atoms with Gasteiger partial charge in [-0.2, -0.15) is 0 Å². The predicted molar refractivity (Wildman–Crippen MR) is 116 cm³/mol. The van der Waals surface area contributed by atoms with Gasteiger partial charge in [0.1, 0.15) is 0 Å². The molecule has 0 amide bonds. The van der Waals surface area contributed by atoms with E-state index in [1.807, 2.05) is 0 Å². The Kier molecular flexibility index (Phi) is 4.59. The fourth-order valence-electron chi connectivity index (χ4n) is 5.29. The zero-order chi connectivity index (χ0) is 19.0. The lowest BCUT2D eigenvalue weighted by atomic mass is 9.72. The number of piperidine rings is 2. The third kappa shape index (κ3) is 3.30. The number of fused-ring (bicyclic) bond motifs is 1. The smallest absolute Gasteiger partial charge is 0.206 e. The van der Waals surface area contributed by atoms with E-state index >= 15 is 0 Å². The highest BCUT2D eigenvalue weighted by atomic mass is 15.3. The summed E-state index contributed by atoms with van der Waals surface area (Å²) in [5.74, 6) is 1.13. The minimum absolute atomic E-state index is 0.494. The molecule has 28 heavy (non-hydrogen) atoms. The molecule has 2 aromatic carbocycles. The quantitative estimate of drug-likeness (QED) is 0.677. The van der Waals surface area contributed by atoms with Crippen molar-refractivity contribution in [2.24, 2.45) is 12.5 Å². The van der Waals surface area contributed by atoms with E-state index in [9.17, 15) is 0 Å². The first-order valence-electron chi connectivity index (χ1n) is 10.7. The fraction of sp³-hybridized carbons (Fsp3) is 0.458. The largest absolute Gasteiger partial charge is 0.342 e. The minimum atomic E-state index is 0.494. The van der Waals surface area contributed by atoms with Crippen molar-refractivity contribution in [1.29, 1.82) is 0 Å². The molecule has 5 rings (SSSR count). The first kappa shape index (κ1) is 17.7. The van der Waals surface area contributed by atoms with Crippen molar-refractivity contribution in [3.05, 3.63) is 60.2 Å². The minimum Gasteiger partial charge on any atom is -0.342 e. The highest BCUT2D eigenvalue weighted by Crippen LogP contribution is 2.41. The molecular weight excluding hydrogens is 344 g/mol. The molecule has 0 unspecified atom stereocenters. The Hall–Kier alpha value is -2.33. The van der Waals surface area contributed by atoms with Crippen LogP contribution in [0, 0.1) is 5.41 Å². The Morgan fingerprint density at radius 1 is 0.893 bits per heavy atom. The molecular formula is C24H30N4. The molecule has 0 bridgehead atoms. The predicted octanol–water partition coefficient (Wildman–Crippen LogP) is 4.46. The summed E-state index contributed by atoms with van der Waals surface area (Å²) >= 11 is 0. The molecule has 3 heterocycles. The number of benzene rings is 2. The third-order valence-electron chi connectivity index (χ3n) is 6.86. The topological polar surface area (TPSA) is 24.3 Å². The second-order valence-corrected chi connectivity index (χ2v) is 8.75. The highest BCUT2D eigenvalue weighted by molar-refractivity contribution is 5.78. The molecule has 0 N–H and O–H groups in total. The van der Waals surface area contributed by atoms with Crippen LogP contribution in [0.25, 0.3) is 11.0 Å². The van der Waals surface area contributed by atoms with Crippen molar-refractivity contribution in [2.75, 3.05) is 31.1 Å². The van der Waals surface area contributed by atoms with Gasteiger partial charge in [0, 0.05) is 33.2 Å². The molecule has 2 aliphatic heterocycles. The summed E-state index contributed by atoms with van der Waals surface area (Å²) in [7, 11) is 2.15. The van der Waals surface area contributed by atoms with Gasteiger partial charge < -0.3 is 9.47 Å². The molecule has 4 heteroatoms. The van der Waals surface area contributed by atoms with Crippen LogP contribution >= 0.6 is 0 Å². The molecule has 1 aromatic heterocycles. The van der Waals surface area contributed by atoms with Gasteiger partial charge >= 0.3 is 0 Å². The second-order valence-electron chi connectivity index (χ2n) is 8.75. The Balaban J connectivity index is 1.27. The zero-order valence-corrected chi connectivity index (χ0v) is 16.8. The lowest BCUT2D eigenvalue weighted by Gasteiger charge is -2.48. The van der Waals surface area contributed by atoms with Crippen LogP contribution in [0.4, 0.5) is 5.95 Å². The van der Waals surface area contributed by atoms with Crippen LogP contribution in [0.5, 0.6) is 0 Å². The maximum atomic E-state index is 4.92.